The van der Waals surface area contributed by atoms with Crippen molar-refractivity contribution in [3.05, 3.63) is 96.1 Å². The summed E-state index contributed by atoms with van der Waals surface area (Å²) in [6.45, 7) is 0. The summed E-state index contributed by atoms with van der Waals surface area (Å²) in [7, 11) is 3.71. The van der Waals surface area contributed by atoms with E-state index in [1.54, 1.807) is 31.5 Å². The number of fused-ring (bicyclic) bond motifs is 1. The van der Waals surface area contributed by atoms with Crippen LogP contribution in [0.15, 0.2) is 79.1 Å². The Labute approximate surface area is 173 Å². The molecule has 0 radical (unpaired) electrons. The monoisotopic (exact) mass is 536 g/mol. The molecular weight excluding hydrogens is 517 g/mol. The van der Waals surface area contributed by atoms with Crippen LogP contribution in [0.25, 0.3) is 22.0 Å². The first-order chi connectivity index (χ1) is 12.7. The van der Waals surface area contributed by atoms with Crippen molar-refractivity contribution >= 4 is 23.0 Å². The smallest absolute Gasteiger partial charge is 0.188 e. The van der Waals surface area contributed by atoms with Gasteiger partial charge < -0.3 is 10.1 Å². The Morgan fingerprint density at radius 2 is 1.63 bits per heavy atom. The first-order valence-corrected chi connectivity index (χ1v) is 8.24. The van der Waals surface area contributed by atoms with Crippen molar-refractivity contribution in [1.82, 2.24) is 9.13 Å². The molecule has 4 aromatic rings. The molecule has 0 saturated carbocycles. The summed E-state index contributed by atoms with van der Waals surface area (Å²) < 4.78 is 4.27. The second-order valence-corrected chi connectivity index (χ2v) is 5.68. The van der Waals surface area contributed by atoms with Gasteiger partial charge in [0.2, 0.25) is 0 Å². The number of hydrogen-bond donors (Lipinski definition) is 0. The summed E-state index contributed by atoms with van der Waals surface area (Å²) in [5.74, 6) is 0. The number of para-hydroxylation sites is 4. The van der Waals surface area contributed by atoms with Gasteiger partial charge in [-0.1, -0.05) is 6.07 Å². The molecule has 140 valence electrons. The van der Waals surface area contributed by atoms with E-state index in [0.717, 1.165) is 5.69 Å². The number of carbonyl (C=O) groups excluding carboxylic acids is 1. The maximum atomic E-state index is 10.2. The van der Waals surface area contributed by atoms with Crippen LogP contribution < -0.4 is 0 Å². The zero-order valence-electron chi connectivity index (χ0n) is 15.1. The summed E-state index contributed by atoms with van der Waals surface area (Å²) in [6.07, 6.45) is 3.88. The molecule has 0 aliphatic rings. The van der Waals surface area contributed by atoms with Gasteiger partial charge in [0.25, 0.3) is 0 Å². The predicted molar refractivity (Wildman–Crippen MR) is 106 cm³/mol. The van der Waals surface area contributed by atoms with Gasteiger partial charge in [0.1, 0.15) is 0 Å². The zero-order chi connectivity index (χ0) is 18.4. The van der Waals surface area contributed by atoms with E-state index in [-0.39, 0.29) is 21.1 Å². The van der Waals surface area contributed by atoms with Crippen LogP contribution in [0.4, 0.5) is 5.69 Å². The van der Waals surface area contributed by atoms with E-state index in [4.69, 9.17) is 0 Å². The maximum absolute atomic E-state index is 10.2. The minimum atomic E-state index is 0. The van der Waals surface area contributed by atoms with E-state index < -0.39 is 0 Å². The topological polar surface area (TPSA) is 41.0 Å². The molecule has 0 fully saturated rings. The SMILES string of the molecule is C[N-]c1ccccc1[C-]=O.Cn1[cH+]n(-c2[c-]cccc2)c2ccccc21.[Pt]. The van der Waals surface area contributed by atoms with E-state index in [9.17, 15) is 4.79 Å². The number of nitrogens with zero attached hydrogens (tertiary/aromatic N) is 3. The molecule has 4 nitrogen and oxygen atoms in total. The maximum Gasteiger partial charge on any atom is 0.188 e. The van der Waals surface area contributed by atoms with Crippen LogP contribution >= 0.6 is 0 Å². The molecule has 1 aromatic heterocycles. The second kappa shape index (κ2) is 9.84. The summed E-state index contributed by atoms with van der Waals surface area (Å²) in [6, 6.07) is 26.7. The molecule has 4 rings (SSSR count). The molecule has 0 aliphatic carbocycles. The number of benzene rings is 3. The molecular formula is C22H19N3OPt-2. The number of hydrogen-bond acceptors (Lipinski definition) is 1. The third kappa shape index (κ3) is 4.72. The number of rotatable bonds is 3. The largest absolute Gasteiger partial charge is 0.745 e. The van der Waals surface area contributed by atoms with Gasteiger partial charge in [0.15, 0.2) is 17.4 Å². The molecule has 0 atom stereocenters. The van der Waals surface area contributed by atoms with Gasteiger partial charge in [-0.05, 0) is 12.1 Å². The quantitative estimate of drug-likeness (QED) is 0.346. The van der Waals surface area contributed by atoms with Crippen LogP contribution in [-0.2, 0) is 32.9 Å². The van der Waals surface area contributed by atoms with Crippen molar-refractivity contribution in [2.75, 3.05) is 7.05 Å². The number of imidazole rings is 1. The fourth-order valence-electron chi connectivity index (χ4n) is 2.74. The van der Waals surface area contributed by atoms with Crippen LogP contribution in [0.2, 0.25) is 0 Å². The Morgan fingerprint density at radius 1 is 0.963 bits per heavy atom. The second-order valence-electron chi connectivity index (χ2n) is 5.68. The van der Waals surface area contributed by atoms with Crippen LogP contribution in [0.3, 0.4) is 0 Å². The van der Waals surface area contributed by atoms with E-state index in [0.29, 0.717) is 11.3 Å². The Bertz CT molecular complexity index is 1010. The van der Waals surface area contributed by atoms with Crippen molar-refractivity contribution in [3.8, 4) is 5.69 Å². The molecule has 0 unspecified atom stereocenters. The zero-order valence-corrected chi connectivity index (χ0v) is 17.3. The third-order valence-corrected chi connectivity index (χ3v) is 4.02. The minimum Gasteiger partial charge on any atom is -0.745 e. The van der Waals surface area contributed by atoms with Gasteiger partial charge in [-0.25, -0.2) is 9.13 Å². The normalized spacial score (nSPS) is 9.70. The third-order valence-electron chi connectivity index (χ3n) is 4.02. The summed E-state index contributed by atoms with van der Waals surface area (Å²) in [4.78, 5) is 10.2. The molecule has 3 aromatic carbocycles. The Balaban J connectivity index is 0.000000208. The summed E-state index contributed by atoms with van der Waals surface area (Å²) in [5.41, 5.74) is 4.70. The molecule has 0 saturated heterocycles. The van der Waals surface area contributed by atoms with Gasteiger partial charge in [-0.2, -0.15) is 36.9 Å². The van der Waals surface area contributed by atoms with Crippen molar-refractivity contribution < 1.29 is 25.9 Å². The first-order valence-electron chi connectivity index (χ1n) is 8.24. The Morgan fingerprint density at radius 3 is 2.26 bits per heavy atom. The molecule has 0 bridgehead atoms. The Hall–Kier alpha value is -2.71. The van der Waals surface area contributed by atoms with E-state index >= 15 is 0 Å². The molecule has 27 heavy (non-hydrogen) atoms. The Kier molecular flexibility index (Phi) is 7.51. The van der Waals surface area contributed by atoms with Gasteiger partial charge in [-0.15, -0.1) is 24.3 Å². The summed E-state index contributed by atoms with van der Waals surface area (Å²) in [5, 5.41) is 3.88. The van der Waals surface area contributed by atoms with Gasteiger partial charge in [-0.3, -0.25) is 5.69 Å². The van der Waals surface area contributed by atoms with Crippen molar-refractivity contribution in [3.63, 3.8) is 0 Å². The fourth-order valence-corrected chi connectivity index (χ4v) is 2.74. The van der Waals surface area contributed by atoms with Gasteiger partial charge in [0.05, 0.1) is 6.29 Å². The fraction of sp³-hybridized carbons (Fsp3) is 0.0909. The predicted octanol–water partition coefficient (Wildman–Crippen LogP) is 4.83. The minimum absolute atomic E-state index is 0. The van der Waals surface area contributed by atoms with Crippen LogP contribution in [0.5, 0.6) is 0 Å². The molecule has 5 heteroatoms. The average molecular weight is 536 g/mol. The number of aryl methyl sites for hydroxylation is 1. The number of aromatic nitrogens is 2. The van der Waals surface area contributed by atoms with E-state index in [2.05, 4.69) is 64.2 Å². The first kappa shape index (κ1) is 20.6. The van der Waals surface area contributed by atoms with Gasteiger partial charge in [0, 0.05) is 45.9 Å². The molecule has 0 N–H and O–H groups in total. The van der Waals surface area contributed by atoms with E-state index in [1.807, 2.05) is 24.3 Å². The van der Waals surface area contributed by atoms with Crippen LogP contribution in [-0.4, -0.2) is 22.5 Å². The average Bonchev–Trinajstić information content (AvgIpc) is 3.06. The van der Waals surface area contributed by atoms with Crippen molar-refractivity contribution in [2.45, 2.75) is 0 Å². The molecule has 1 heterocycles. The van der Waals surface area contributed by atoms with Gasteiger partial charge >= 0.3 is 0 Å². The molecule has 0 spiro atoms. The summed E-state index contributed by atoms with van der Waals surface area (Å²) >= 11 is 0. The van der Waals surface area contributed by atoms with Crippen LogP contribution in [0, 0.1) is 6.07 Å². The molecule has 0 amide bonds. The van der Waals surface area contributed by atoms with Crippen LogP contribution in [0.1, 0.15) is 5.56 Å². The van der Waals surface area contributed by atoms with E-state index in [1.165, 1.54) is 11.0 Å². The standard InChI is InChI=1S/C14H12N2.C8H7NO.Pt/c1-15-11-16(12-7-3-2-4-8-12)14-10-6-5-9-13(14)15;1-9-8-5-3-2-4-7(8)6-10;/h2-7,9-11H,1H3;2-5H,1H3;/q;-2;. The van der Waals surface area contributed by atoms with Crippen molar-refractivity contribution in [2.24, 2.45) is 7.05 Å². The molecule has 0 aliphatic heterocycles. The van der Waals surface area contributed by atoms with Crippen molar-refractivity contribution in [1.29, 1.82) is 0 Å².